The molecule has 0 atom stereocenters. The molecule has 6 heteroatoms. The highest BCUT2D eigenvalue weighted by Crippen LogP contribution is 2.23. The minimum absolute atomic E-state index is 0.182. The van der Waals surface area contributed by atoms with E-state index in [1.807, 2.05) is 0 Å². The van der Waals surface area contributed by atoms with Crippen LogP contribution < -0.4 is 10.2 Å². The molecule has 0 unspecified atom stereocenters. The average Bonchev–Trinajstić information content (AvgIpc) is 2.67. The number of aromatic nitrogens is 1. The van der Waals surface area contributed by atoms with Crippen LogP contribution in [0.1, 0.15) is 28.8 Å². The summed E-state index contributed by atoms with van der Waals surface area (Å²) in [6.45, 7) is 2.21. The van der Waals surface area contributed by atoms with Gasteiger partial charge in [0.05, 0.1) is 5.56 Å². The summed E-state index contributed by atoms with van der Waals surface area (Å²) in [5.74, 6) is 0.586. The molecule has 1 aliphatic heterocycles. The lowest BCUT2D eigenvalue weighted by Gasteiger charge is -2.33. The number of pyridine rings is 1. The molecule has 0 saturated carbocycles. The lowest BCUT2D eigenvalue weighted by molar-refractivity contribution is 0.0945. The summed E-state index contributed by atoms with van der Waals surface area (Å²) in [4.78, 5) is 18.5. The number of amides is 1. The van der Waals surface area contributed by atoms with Gasteiger partial charge in [-0.15, -0.1) is 0 Å². The largest absolute Gasteiger partial charge is 0.356 e. The second-order valence-electron chi connectivity index (χ2n) is 6.13. The number of benzene rings is 1. The molecule has 0 aliphatic carbocycles. The van der Waals surface area contributed by atoms with Gasteiger partial charge in [0.15, 0.2) is 0 Å². The maximum Gasteiger partial charge on any atom is 0.251 e. The van der Waals surface area contributed by atoms with E-state index >= 15 is 0 Å². The quantitative estimate of drug-likeness (QED) is 0.931. The Balaban J connectivity index is 1.50. The summed E-state index contributed by atoms with van der Waals surface area (Å²) in [6.07, 6.45) is 3.54. The third-order valence-electron chi connectivity index (χ3n) is 4.48. The average molecular weight is 338 g/mol. The van der Waals surface area contributed by atoms with Crippen LogP contribution in [0.4, 0.5) is 10.2 Å². The molecule has 1 fully saturated rings. The molecule has 0 radical (unpaired) electrons. The Labute approximate surface area is 146 Å². The highest BCUT2D eigenvalue weighted by molar-refractivity contribution is 5.94. The van der Waals surface area contributed by atoms with Crippen molar-refractivity contribution in [2.24, 2.45) is 5.92 Å². The molecule has 3 rings (SSSR count). The lowest BCUT2D eigenvalue weighted by Crippen LogP contribution is -2.39. The normalized spacial score (nSPS) is 14.8. The van der Waals surface area contributed by atoms with E-state index < -0.39 is 0 Å². The maximum atomic E-state index is 12.9. The minimum Gasteiger partial charge on any atom is -0.356 e. The summed E-state index contributed by atoms with van der Waals surface area (Å²) in [7, 11) is 0. The molecule has 2 aromatic rings. The predicted molar refractivity (Wildman–Crippen MR) is 92.6 cm³/mol. The van der Waals surface area contributed by atoms with Crippen molar-refractivity contribution in [1.82, 2.24) is 10.3 Å². The fourth-order valence-electron chi connectivity index (χ4n) is 3.03. The van der Waals surface area contributed by atoms with Crippen LogP contribution in [-0.2, 0) is 0 Å². The molecular formula is C19H19FN4O. The van der Waals surface area contributed by atoms with Crippen molar-refractivity contribution in [1.29, 1.82) is 5.26 Å². The molecule has 25 heavy (non-hydrogen) atoms. The van der Waals surface area contributed by atoms with Crippen LogP contribution >= 0.6 is 0 Å². The van der Waals surface area contributed by atoms with E-state index in [4.69, 9.17) is 0 Å². The van der Waals surface area contributed by atoms with Gasteiger partial charge < -0.3 is 10.2 Å². The van der Waals surface area contributed by atoms with Crippen molar-refractivity contribution in [3.63, 3.8) is 0 Å². The number of anilines is 1. The number of nitriles is 1. The van der Waals surface area contributed by atoms with Crippen LogP contribution in [0.3, 0.4) is 0 Å². The zero-order chi connectivity index (χ0) is 17.6. The smallest absolute Gasteiger partial charge is 0.251 e. The number of rotatable bonds is 4. The van der Waals surface area contributed by atoms with Crippen molar-refractivity contribution < 1.29 is 9.18 Å². The van der Waals surface area contributed by atoms with Crippen LogP contribution in [-0.4, -0.2) is 30.5 Å². The highest BCUT2D eigenvalue weighted by atomic mass is 19.1. The van der Waals surface area contributed by atoms with Gasteiger partial charge in [-0.2, -0.15) is 5.26 Å². The van der Waals surface area contributed by atoms with Crippen LogP contribution in [0.15, 0.2) is 42.6 Å². The van der Waals surface area contributed by atoms with E-state index in [-0.39, 0.29) is 11.7 Å². The number of carbonyl (C=O) groups excluding carboxylic acids is 1. The molecule has 5 nitrogen and oxygen atoms in total. The number of carbonyl (C=O) groups is 1. The zero-order valence-electron chi connectivity index (χ0n) is 13.8. The van der Waals surface area contributed by atoms with Gasteiger partial charge in [0, 0.05) is 31.4 Å². The second kappa shape index (κ2) is 7.75. The van der Waals surface area contributed by atoms with Crippen molar-refractivity contribution in [2.45, 2.75) is 12.8 Å². The molecule has 2 heterocycles. The Hall–Kier alpha value is -2.94. The standard InChI is InChI=1S/C19H19FN4O/c20-17-5-3-15(4-6-17)19(25)23-13-14-7-10-24(11-8-14)18-16(12-21)2-1-9-22-18/h1-6,9,14H,7-8,10-11,13H2,(H,23,25). The zero-order valence-corrected chi connectivity index (χ0v) is 13.8. The van der Waals surface area contributed by atoms with Crippen molar-refractivity contribution in [3.05, 3.63) is 59.5 Å². The molecule has 128 valence electrons. The number of halogens is 1. The molecule has 0 spiro atoms. The third-order valence-corrected chi connectivity index (χ3v) is 4.48. The van der Waals surface area contributed by atoms with Crippen LogP contribution in [0, 0.1) is 23.1 Å². The highest BCUT2D eigenvalue weighted by Gasteiger charge is 2.22. The third kappa shape index (κ3) is 4.13. The Morgan fingerprint density at radius 1 is 1.28 bits per heavy atom. The molecule has 1 amide bonds. The Bertz CT molecular complexity index is 777. The topological polar surface area (TPSA) is 69.0 Å². The van der Waals surface area contributed by atoms with Gasteiger partial charge in [0.2, 0.25) is 0 Å². The lowest BCUT2D eigenvalue weighted by atomic mass is 9.96. The van der Waals surface area contributed by atoms with Crippen LogP contribution in [0.5, 0.6) is 0 Å². The molecule has 1 N–H and O–H groups in total. The van der Waals surface area contributed by atoms with Crippen molar-refractivity contribution >= 4 is 11.7 Å². The summed E-state index contributed by atoms with van der Waals surface area (Å²) in [6, 6.07) is 11.3. The minimum atomic E-state index is -0.352. The second-order valence-corrected chi connectivity index (χ2v) is 6.13. The first-order valence-corrected chi connectivity index (χ1v) is 8.31. The predicted octanol–water partition coefficient (Wildman–Crippen LogP) is 2.74. The van der Waals surface area contributed by atoms with Gasteiger partial charge >= 0.3 is 0 Å². The van der Waals surface area contributed by atoms with E-state index in [2.05, 4.69) is 21.3 Å². The SMILES string of the molecule is N#Cc1cccnc1N1CCC(CNC(=O)c2ccc(F)cc2)CC1. The first kappa shape index (κ1) is 16.9. The van der Waals surface area contributed by atoms with E-state index in [1.165, 1.54) is 24.3 Å². The van der Waals surface area contributed by atoms with Gasteiger partial charge in [-0.1, -0.05) is 0 Å². The Morgan fingerprint density at radius 2 is 2.00 bits per heavy atom. The number of hydrogen-bond donors (Lipinski definition) is 1. The summed E-state index contributed by atoms with van der Waals surface area (Å²) < 4.78 is 12.9. The van der Waals surface area contributed by atoms with Gasteiger partial charge in [-0.05, 0) is 55.2 Å². The number of nitrogens with zero attached hydrogens (tertiary/aromatic N) is 3. The van der Waals surface area contributed by atoms with E-state index in [0.29, 0.717) is 23.6 Å². The van der Waals surface area contributed by atoms with Crippen LogP contribution in [0.2, 0.25) is 0 Å². The van der Waals surface area contributed by atoms with Crippen molar-refractivity contribution in [3.8, 4) is 6.07 Å². The van der Waals surface area contributed by atoms with Gasteiger partial charge in [-0.25, -0.2) is 9.37 Å². The number of nitrogens with one attached hydrogen (secondary N) is 1. The molecule has 1 saturated heterocycles. The van der Waals surface area contributed by atoms with E-state index in [9.17, 15) is 14.4 Å². The summed E-state index contributed by atoms with van der Waals surface area (Å²) in [5, 5.41) is 12.1. The molecular weight excluding hydrogens is 319 g/mol. The number of piperidine rings is 1. The van der Waals surface area contributed by atoms with Gasteiger partial charge in [0.25, 0.3) is 5.91 Å². The Morgan fingerprint density at radius 3 is 2.68 bits per heavy atom. The Kier molecular flexibility index (Phi) is 5.24. The first-order valence-electron chi connectivity index (χ1n) is 8.31. The number of hydrogen-bond acceptors (Lipinski definition) is 4. The van der Waals surface area contributed by atoms with Crippen molar-refractivity contribution in [2.75, 3.05) is 24.5 Å². The van der Waals surface area contributed by atoms with Crippen LogP contribution in [0.25, 0.3) is 0 Å². The molecule has 1 aliphatic rings. The summed E-state index contributed by atoms with van der Waals surface area (Å²) in [5.41, 5.74) is 1.05. The maximum absolute atomic E-state index is 12.9. The summed E-state index contributed by atoms with van der Waals surface area (Å²) >= 11 is 0. The van der Waals surface area contributed by atoms with E-state index in [1.54, 1.807) is 18.3 Å². The molecule has 1 aromatic heterocycles. The fourth-order valence-corrected chi connectivity index (χ4v) is 3.03. The molecule has 0 bridgehead atoms. The molecule has 1 aromatic carbocycles. The van der Waals surface area contributed by atoms with Gasteiger partial charge in [0.1, 0.15) is 17.7 Å². The van der Waals surface area contributed by atoms with Gasteiger partial charge in [-0.3, -0.25) is 4.79 Å². The van der Waals surface area contributed by atoms with E-state index in [0.717, 1.165) is 31.7 Å². The first-order chi connectivity index (χ1) is 12.2. The monoisotopic (exact) mass is 338 g/mol. The fraction of sp³-hybridized carbons (Fsp3) is 0.316.